The van der Waals surface area contributed by atoms with Crippen molar-refractivity contribution in [3.05, 3.63) is 76.7 Å². The van der Waals surface area contributed by atoms with Crippen LogP contribution >= 0.6 is 11.3 Å². The number of nitrogens with one attached hydrogen (secondary N) is 1. The standard InChI is InChI=1S/C24H21N3O2S/c1-15-19-7-2-3-8-20(19)23(29)27(15)12-11-22(28)26-24-25-21(14-30-24)18-10-9-16-5-4-6-17(16)13-18/h2-3,7-10,13-14H,1,4-6,11-12H2,(H,25,26,28). The molecule has 0 spiro atoms. The van der Waals surface area contributed by atoms with E-state index >= 15 is 0 Å². The van der Waals surface area contributed by atoms with E-state index in [9.17, 15) is 9.59 Å². The maximum atomic E-state index is 12.5. The van der Waals surface area contributed by atoms with Crippen molar-refractivity contribution in [2.24, 2.45) is 0 Å². The number of aromatic nitrogens is 1. The molecule has 150 valence electrons. The molecule has 0 radical (unpaired) electrons. The Hall–Kier alpha value is -3.25. The summed E-state index contributed by atoms with van der Waals surface area (Å²) in [4.78, 5) is 31.1. The first-order valence-electron chi connectivity index (χ1n) is 10.1. The molecule has 2 amide bonds. The molecule has 0 unspecified atom stereocenters. The number of amides is 2. The Bertz CT molecular complexity index is 1150. The number of fused-ring (bicyclic) bond motifs is 2. The van der Waals surface area contributed by atoms with Crippen LogP contribution in [-0.4, -0.2) is 28.2 Å². The van der Waals surface area contributed by atoms with Crippen LogP contribution in [0.1, 0.15) is 39.9 Å². The summed E-state index contributed by atoms with van der Waals surface area (Å²) in [6.45, 7) is 4.31. The van der Waals surface area contributed by atoms with E-state index in [4.69, 9.17) is 0 Å². The Morgan fingerprint density at radius 3 is 2.77 bits per heavy atom. The number of hydrogen-bond acceptors (Lipinski definition) is 4. The predicted octanol–water partition coefficient (Wildman–Crippen LogP) is 4.75. The van der Waals surface area contributed by atoms with Gasteiger partial charge in [-0.25, -0.2) is 4.98 Å². The molecular weight excluding hydrogens is 394 g/mol. The molecular formula is C24H21N3O2S. The Kier molecular flexibility index (Phi) is 4.71. The summed E-state index contributed by atoms with van der Waals surface area (Å²) in [5.41, 5.74) is 6.93. The van der Waals surface area contributed by atoms with Gasteiger partial charge in [-0.1, -0.05) is 36.9 Å². The van der Waals surface area contributed by atoms with Crippen molar-refractivity contribution >= 4 is 34.0 Å². The van der Waals surface area contributed by atoms with Gasteiger partial charge in [-0.15, -0.1) is 11.3 Å². The molecule has 0 fully saturated rings. The first-order valence-corrected chi connectivity index (χ1v) is 11.0. The summed E-state index contributed by atoms with van der Waals surface area (Å²) >= 11 is 1.41. The first-order chi connectivity index (χ1) is 14.6. The quantitative estimate of drug-likeness (QED) is 0.654. The van der Waals surface area contributed by atoms with Crippen LogP contribution in [-0.2, 0) is 17.6 Å². The van der Waals surface area contributed by atoms with Crippen molar-refractivity contribution in [3.8, 4) is 11.3 Å². The van der Waals surface area contributed by atoms with Crippen molar-refractivity contribution in [2.45, 2.75) is 25.7 Å². The van der Waals surface area contributed by atoms with Gasteiger partial charge in [-0.05, 0) is 42.5 Å². The van der Waals surface area contributed by atoms with Gasteiger partial charge in [0.25, 0.3) is 5.91 Å². The number of anilines is 1. The summed E-state index contributed by atoms with van der Waals surface area (Å²) in [5, 5.41) is 5.40. The molecule has 3 aromatic rings. The highest BCUT2D eigenvalue weighted by molar-refractivity contribution is 7.14. The number of carbonyl (C=O) groups is 2. The molecule has 5 nitrogen and oxygen atoms in total. The first kappa shape index (κ1) is 18.8. The molecule has 2 aromatic carbocycles. The third-order valence-electron chi connectivity index (χ3n) is 5.75. The molecule has 0 atom stereocenters. The van der Waals surface area contributed by atoms with Gasteiger partial charge in [0.15, 0.2) is 5.13 Å². The number of thiazole rings is 1. The molecule has 0 saturated heterocycles. The Morgan fingerprint density at radius 2 is 1.93 bits per heavy atom. The molecule has 30 heavy (non-hydrogen) atoms. The summed E-state index contributed by atoms with van der Waals surface area (Å²) < 4.78 is 0. The van der Waals surface area contributed by atoms with E-state index < -0.39 is 0 Å². The third-order valence-corrected chi connectivity index (χ3v) is 6.50. The van der Waals surface area contributed by atoms with Crippen LogP contribution in [0.2, 0.25) is 0 Å². The fourth-order valence-electron chi connectivity index (χ4n) is 4.16. The van der Waals surface area contributed by atoms with Crippen molar-refractivity contribution < 1.29 is 9.59 Å². The van der Waals surface area contributed by atoms with Crippen molar-refractivity contribution in [2.75, 3.05) is 11.9 Å². The zero-order valence-electron chi connectivity index (χ0n) is 16.5. The molecule has 1 aliphatic carbocycles. The van der Waals surface area contributed by atoms with Gasteiger partial charge in [-0.2, -0.15) is 0 Å². The minimum atomic E-state index is -0.165. The number of aryl methyl sites for hydroxylation is 2. The third kappa shape index (κ3) is 3.33. The van der Waals surface area contributed by atoms with Gasteiger partial charge in [0, 0.05) is 40.7 Å². The van der Waals surface area contributed by atoms with E-state index in [2.05, 4.69) is 35.1 Å². The molecule has 2 heterocycles. The second-order valence-corrected chi connectivity index (χ2v) is 8.48. The fraction of sp³-hybridized carbons (Fsp3) is 0.208. The molecule has 1 aromatic heterocycles. The maximum Gasteiger partial charge on any atom is 0.258 e. The zero-order valence-corrected chi connectivity index (χ0v) is 17.3. The number of rotatable bonds is 5. The SMILES string of the molecule is C=C1c2ccccc2C(=O)N1CCC(=O)Nc1nc(-c2ccc3c(c2)CCC3)cs1. The van der Waals surface area contributed by atoms with Crippen LogP contribution in [0.4, 0.5) is 5.13 Å². The molecule has 5 rings (SSSR count). The highest BCUT2D eigenvalue weighted by Crippen LogP contribution is 2.32. The average molecular weight is 416 g/mol. The number of benzene rings is 2. The van der Waals surface area contributed by atoms with E-state index in [1.807, 2.05) is 23.6 Å². The molecule has 2 aliphatic rings. The fourth-order valence-corrected chi connectivity index (χ4v) is 4.90. The topological polar surface area (TPSA) is 62.3 Å². The van der Waals surface area contributed by atoms with Crippen LogP contribution in [0, 0.1) is 0 Å². The highest BCUT2D eigenvalue weighted by Gasteiger charge is 2.30. The Balaban J connectivity index is 1.21. The average Bonchev–Trinajstić information content (AvgIpc) is 3.46. The number of hydrogen-bond donors (Lipinski definition) is 1. The van der Waals surface area contributed by atoms with Crippen LogP contribution < -0.4 is 5.32 Å². The smallest absolute Gasteiger partial charge is 0.258 e. The van der Waals surface area contributed by atoms with Crippen molar-refractivity contribution in [1.82, 2.24) is 9.88 Å². The lowest BCUT2D eigenvalue weighted by Gasteiger charge is -2.16. The molecule has 0 saturated carbocycles. The summed E-state index contributed by atoms with van der Waals surface area (Å²) in [5.74, 6) is -0.266. The van der Waals surface area contributed by atoms with Crippen LogP contribution in [0.15, 0.2) is 54.4 Å². The summed E-state index contributed by atoms with van der Waals surface area (Å²) in [6.07, 6.45) is 3.69. The summed E-state index contributed by atoms with van der Waals surface area (Å²) in [7, 11) is 0. The minimum absolute atomic E-state index is 0.100. The zero-order chi connectivity index (χ0) is 20.7. The van der Waals surface area contributed by atoms with Gasteiger partial charge < -0.3 is 10.2 Å². The van der Waals surface area contributed by atoms with E-state index in [0.717, 1.165) is 29.7 Å². The Morgan fingerprint density at radius 1 is 1.13 bits per heavy atom. The van der Waals surface area contributed by atoms with Crippen LogP contribution in [0.5, 0.6) is 0 Å². The minimum Gasteiger partial charge on any atom is -0.308 e. The predicted molar refractivity (Wildman–Crippen MR) is 119 cm³/mol. The normalized spacial score (nSPS) is 14.7. The van der Waals surface area contributed by atoms with E-state index in [0.29, 0.717) is 22.9 Å². The lowest BCUT2D eigenvalue weighted by Crippen LogP contribution is -2.27. The van der Waals surface area contributed by atoms with E-state index in [1.165, 1.54) is 28.9 Å². The van der Waals surface area contributed by atoms with Gasteiger partial charge >= 0.3 is 0 Å². The largest absolute Gasteiger partial charge is 0.308 e. The lowest BCUT2D eigenvalue weighted by atomic mass is 10.1. The molecule has 0 bridgehead atoms. The number of carbonyl (C=O) groups excluding carboxylic acids is 2. The van der Waals surface area contributed by atoms with Crippen molar-refractivity contribution in [3.63, 3.8) is 0 Å². The van der Waals surface area contributed by atoms with Crippen LogP contribution in [0.3, 0.4) is 0 Å². The maximum absolute atomic E-state index is 12.5. The van der Waals surface area contributed by atoms with E-state index in [1.54, 1.807) is 11.0 Å². The molecule has 6 heteroatoms. The van der Waals surface area contributed by atoms with Gasteiger partial charge in [0.05, 0.1) is 5.69 Å². The Labute approximate surface area is 179 Å². The second kappa shape index (κ2) is 7.54. The van der Waals surface area contributed by atoms with Gasteiger partial charge in [0.2, 0.25) is 5.91 Å². The molecule has 1 aliphatic heterocycles. The number of nitrogens with zero attached hydrogens (tertiary/aromatic N) is 2. The van der Waals surface area contributed by atoms with Crippen LogP contribution in [0.25, 0.3) is 17.0 Å². The molecule has 1 N–H and O–H groups in total. The second-order valence-electron chi connectivity index (χ2n) is 7.62. The monoisotopic (exact) mass is 415 g/mol. The summed E-state index contributed by atoms with van der Waals surface area (Å²) in [6, 6.07) is 13.9. The van der Waals surface area contributed by atoms with E-state index in [-0.39, 0.29) is 18.2 Å². The van der Waals surface area contributed by atoms with Gasteiger partial charge in [0.1, 0.15) is 0 Å². The lowest BCUT2D eigenvalue weighted by molar-refractivity contribution is -0.116. The van der Waals surface area contributed by atoms with Crippen molar-refractivity contribution in [1.29, 1.82) is 0 Å². The van der Waals surface area contributed by atoms with Gasteiger partial charge in [-0.3, -0.25) is 9.59 Å². The highest BCUT2D eigenvalue weighted by atomic mass is 32.1.